The van der Waals surface area contributed by atoms with E-state index in [9.17, 15) is 13.2 Å². The molecular weight excluding hydrogens is 318 g/mol. The minimum Gasteiger partial charge on any atom is -0.478 e. The van der Waals surface area contributed by atoms with E-state index < -0.39 is 32.6 Å². The third-order valence-corrected chi connectivity index (χ3v) is 4.57. The molecule has 0 fully saturated rings. The van der Waals surface area contributed by atoms with Crippen LogP contribution in [0, 0.1) is 0 Å². The number of halogens is 1. The molecule has 1 atom stereocenters. The van der Waals surface area contributed by atoms with Crippen LogP contribution in [-0.4, -0.2) is 29.7 Å². The number of nitrogens with zero attached hydrogens (tertiary/aromatic N) is 1. The fraction of sp³-hybridized carbons (Fsp3) is 0.167. The molecule has 2 aromatic rings. The van der Waals surface area contributed by atoms with E-state index in [0.29, 0.717) is 10.6 Å². The van der Waals surface area contributed by atoms with Crippen LogP contribution in [0.4, 0.5) is 0 Å². The van der Waals surface area contributed by atoms with Crippen molar-refractivity contribution >= 4 is 27.6 Å². The summed E-state index contributed by atoms with van der Waals surface area (Å²) in [6.07, 6.45) is 0.948. The maximum atomic E-state index is 12.2. The fourth-order valence-corrected chi connectivity index (χ4v) is 3.19. The van der Waals surface area contributed by atoms with Crippen molar-refractivity contribution in [3.63, 3.8) is 0 Å². The molecule has 0 aliphatic carbocycles. The molecule has 7 nitrogen and oxygen atoms in total. The van der Waals surface area contributed by atoms with Gasteiger partial charge in [-0.3, -0.25) is 5.10 Å². The normalized spacial score (nSPS) is 13.0. The van der Waals surface area contributed by atoms with Crippen LogP contribution in [0.5, 0.6) is 0 Å². The first-order chi connectivity index (χ1) is 9.81. The molecule has 1 aromatic heterocycles. The van der Waals surface area contributed by atoms with Gasteiger partial charge in [-0.2, -0.15) is 5.10 Å². The average Bonchev–Trinajstić information content (AvgIpc) is 2.89. The maximum Gasteiger partial charge on any atom is 0.340 e. The summed E-state index contributed by atoms with van der Waals surface area (Å²) in [7, 11) is -4.03. The molecule has 0 saturated heterocycles. The van der Waals surface area contributed by atoms with E-state index in [-0.39, 0.29) is 0 Å². The van der Waals surface area contributed by atoms with E-state index in [2.05, 4.69) is 14.9 Å². The third kappa shape index (κ3) is 3.41. The number of H-pyrrole nitrogens is 1. The first-order valence-electron chi connectivity index (χ1n) is 5.85. The van der Waals surface area contributed by atoms with Gasteiger partial charge in [-0.05, 0) is 24.6 Å². The second-order valence-electron chi connectivity index (χ2n) is 4.31. The van der Waals surface area contributed by atoms with Crippen LogP contribution in [0.25, 0.3) is 0 Å². The van der Waals surface area contributed by atoms with E-state index in [0.717, 1.165) is 6.20 Å². The van der Waals surface area contributed by atoms with E-state index >= 15 is 0 Å². The Labute approximate surface area is 126 Å². The molecule has 1 aromatic carbocycles. The van der Waals surface area contributed by atoms with Gasteiger partial charge in [0.25, 0.3) is 10.0 Å². The molecule has 0 saturated carbocycles. The SMILES string of the molecule is CC(NS(=O)(=O)c1[nH]ncc1C(=O)O)c1ccc(Cl)cc1. The van der Waals surface area contributed by atoms with Gasteiger partial charge in [-0.15, -0.1) is 0 Å². The highest BCUT2D eigenvalue weighted by atomic mass is 35.5. The number of carboxylic acids is 1. The minimum atomic E-state index is -4.03. The Bertz CT molecular complexity index is 755. The standard InChI is InChI=1S/C12H12ClN3O4S/c1-7(8-2-4-9(13)5-3-8)16-21(19,20)11-10(12(17)18)6-14-15-11/h2-7,16H,1H3,(H,14,15)(H,17,18). The molecular formula is C12H12ClN3O4S. The maximum absolute atomic E-state index is 12.2. The number of carboxylic acid groups (broad SMARTS) is 1. The third-order valence-electron chi connectivity index (χ3n) is 2.81. The van der Waals surface area contributed by atoms with Gasteiger partial charge in [0.05, 0.1) is 6.20 Å². The number of benzene rings is 1. The Morgan fingerprint density at radius 1 is 1.38 bits per heavy atom. The number of sulfonamides is 1. The van der Waals surface area contributed by atoms with Gasteiger partial charge in [0.15, 0.2) is 5.03 Å². The van der Waals surface area contributed by atoms with E-state index in [1.165, 1.54) is 0 Å². The van der Waals surface area contributed by atoms with Crippen LogP contribution in [0.15, 0.2) is 35.5 Å². The van der Waals surface area contributed by atoms with E-state index in [1.807, 2.05) is 0 Å². The van der Waals surface area contributed by atoms with Crippen molar-refractivity contribution in [1.82, 2.24) is 14.9 Å². The van der Waals surface area contributed by atoms with Gasteiger partial charge >= 0.3 is 5.97 Å². The number of hydrogen-bond acceptors (Lipinski definition) is 4. The topological polar surface area (TPSA) is 112 Å². The summed E-state index contributed by atoms with van der Waals surface area (Å²) in [5.74, 6) is -1.37. The lowest BCUT2D eigenvalue weighted by Crippen LogP contribution is -2.28. The van der Waals surface area contributed by atoms with E-state index in [4.69, 9.17) is 16.7 Å². The number of aromatic nitrogens is 2. The summed E-state index contributed by atoms with van der Waals surface area (Å²) in [4.78, 5) is 11.0. The van der Waals surface area contributed by atoms with Crippen LogP contribution in [0.1, 0.15) is 28.9 Å². The first-order valence-corrected chi connectivity index (χ1v) is 7.72. The molecule has 112 valence electrons. The molecule has 0 aliphatic rings. The smallest absolute Gasteiger partial charge is 0.340 e. The van der Waals surface area contributed by atoms with Gasteiger partial charge in [-0.1, -0.05) is 23.7 Å². The number of aromatic amines is 1. The Kier molecular flexibility index (Phi) is 4.31. The lowest BCUT2D eigenvalue weighted by Gasteiger charge is -2.14. The molecule has 0 bridgehead atoms. The molecule has 0 aliphatic heterocycles. The van der Waals surface area contributed by atoms with Gasteiger partial charge in [0.1, 0.15) is 5.56 Å². The number of rotatable bonds is 5. The average molecular weight is 330 g/mol. The molecule has 2 rings (SSSR count). The van der Waals surface area contributed by atoms with Crippen molar-refractivity contribution in [3.8, 4) is 0 Å². The molecule has 0 spiro atoms. The summed E-state index contributed by atoms with van der Waals surface area (Å²) in [6, 6.07) is 6.08. The predicted octanol–water partition coefficient (Wildman–Crippen LogP) is 1.80. The van der Waals surface area contributed by atoms with Crippen LogP contribution in [0.3, 0.4) is 0 Å². The number of nitrogens with one attached hydrogen (secondary N) is 2. The Hall–Kier alpha value is -1.90. The van der Waals surface area contributed by atoms with Crippen LogP contribution >= 0.6 is 11.6 Å². The molecule has 3 N–H and O–H groups in total. The highest BCUT2D eigenvalue weighted by molar-refractivity contribution is 7.89. The van der Waals surface area contributed by atoms with Crippen LogP contribution < -0.4 is 4.72 Å². The Balaban J connectivity index is 2.27. The summed E-state index contributed by atoms with van der Waals surface area (Å²) in [5, 5.41) is 14.6. The largest absolute Gasteiger partial charge is 0.478 e. The van der Waals surface area contributed by atoms with Crippen molar-refractivity contribution < 1.29 is 18.3 Å². The Morgan fingerprint density at radius 3 is 2.57 bits per heavy atom. The monoisotopic (exact) mass is 329 g/mol. The van der Waals surface area contributed by atoms with Crippen LogP contribution in [-0.2, 0) is 10.0 Å². The zero-order valence-corrected chi connectivity index (χ0v) is 12.4. The molecule has 9 heteroatoms. The summed E-state index contributed by atoms with van der Waals surface area (Å²) in [5.41, 5.74) is 0.283. The minimum absolute atomic E-state index is 0.411. The highest BCUT2D eigenvalue weighted by Crippen LogP contribution is 2.19. The second-order valence-corrected chi connectivity index (χ2v) is 6.40. The first kappa shape index (κ1) is 15.5. The second kappa shape index (κ2) is 5.84. The van der Waals surface area contributed by atoms with Crippen LogP contribution in [0.2, 0.25) is 5.02 Å². The molecule has 0 amide bonds. The van der Waals surface area contributed by atoms with Crippen molar-refractivity contribution in [2.24, 2.45) is 0 Å². The summed E-state index contributed by atoms with van der Waals surface area (Å²) >= 11 is 5.77. The molecule has 0 radical (unpaired) electrons. The zero-order chi connectivity index (χ0) is 15.6. The molecule has 1 unspecified atom stereocenters. The van der Waals surface area contributed by atoms with Gasteiger partial charge < -0.3 is 5.11 Å². The number of hydrogen-bond donors (Lipinski definition) is 3. The van der Waals surface area contributed by atoms with Crippen molar-refractivity contribution in [1.29, 1.82) is 0 Å². The van der Waals surface area contributed by atoms with Gasteiger partial charge in [-0.25, -0.2) is 17.9 Å². The lowest BCUT2D eigenvalue weighted by atomic mass is 10.1. The van der Waals surface area contributed by atoms with E-state index in [1.54, 1.807) is 31.2 Å². The van der Waals surface area contributed by atoms with Crippen molar-refractivity contribution in [2.75, 3.05) is 0 Å². The zero-order valence-electron chi connectivity index (χ0n) is 10.9. The van der Waals surface area contributed by atoms with Crippen molar-refractivity contribution in [3.05, 3.63) is 46.6 Å². The lowest BCUT2D eigenvalue weighted by molar-refractivity contribution is 0.0692. The highest BCUT2D eigenvalue weighted by Gasteiger charge is 2.26. The number of carbonyl (C=O) groups is 1. The predicted molar refractivity (Wildman–Crippen MR) is 75.7 cm³/mol. The van der Waals surface area contributed by atoms with Gasteiger partial charge in [0.2, 0.25) is 0 Å². The van der Waals surface area contributed by atoms with Gasteiger partial charge in [0, 0.05) is 11.1 Å². The number of aromatic carboxylic acids is 1. The summed E-state index contributed by atoms with van der Waals surface area (Å²) in [6.45, 7) is 1.64. The quantitative estimate of drug-likeness (QED) is 0.774. The molecule has 1 heterocycles. The Morgan fingerprint density at radius 2 is 2.00 bits per heavy atom. The van der Waals surface area contributed by atoms with Crippen molar-refractivity contribution in [2.45, 2.75) is 18.0 Å². The summed E-state index contributed by atoms with van der Waals surface area (Å²) < 4.78 is 26.8. The molecule has 21 heavy (non-hydrogen) atoms. The fourth-order valence-electron chi connectivity index (χ4n) is 1.74.